The first kappa shape index (κ1) is 106. The van der Waals surface area contributed by atoms with Crippen LogP contribution in [0.3, 0.4) is 0 Å². The third-order valence-electron chi connectivity index (χ3n) is 23.5. The summed E-state index contributed by atoms with van der Waals surface area (Å²) in [6.45, 7) is 39.6. The average molecular weight is 1990 g/mol. The van der Waals surface area contributed by atoms with Crippen LogP contribution >= 0.6 is 15.6 Å². The highest BCUT2D eigenvalue weighted by molar-refractivity contribution is 7.48. The summed E-state index contributed by atoms with van der Waals surface area (Å²) in [4.78, 5) is 157. The molecular formula is C85H114N22O27P2Si2. The summed E-state index contributed by atoms with van der Waals surface area (Å²) in [6, 6.07) is 17.1. The standard InChI is InChI=1S/C42H54N11O13PSi.C41H52N11O14PSi.2CH4/c1-10-25-26(18-28(62-25)52-21-46-29-33(44-20-45-34(29)52)48-37(55)24-14-12-11-13-15-24)65-67(59,60-17-16-43-7)61-19-27-31(66-68(8,9)42(4,5)6)32(64-41(57)58)39(63-27)53-22-47-30-35(53)49-40(51-38(30)56)50-36(54)23(2)3;1-22(2)35(54)49-39-48-34-29(37(56)50-39)46-21-52(34)38-31(64-40(57)58)30(66-68(7,8)41(3,4)5)26(63-38)18-61-67(59,60-15-14-42-6)65-24-16-27(62-25(24)17-53)51-20-45-28-32(43-19-44-33(28)51)47-36(55)23-12-10-9-11-13-23;;/h11-15,20-23,25-28,31-32,39H,10,16-19H2,1-6,8-9H3,(H,57,58)(H,44,45,48,55)(H2,49,50,51,54,56);9-13,19-22,24-27,30-31,38,53H,14-18H2,1-5,7-8H3,(H,57,58)(H,43,44,47,55)(H2,48,49,50,54,56);2*1H4/t25-,26+,27-,28-,31-,32-,39-,67?;24-,25+,26+,27+,30+,31+,38+,67?;;/m10../s1. The van der Waals surface area contributed by atoms with E-state index in [4.69, 9.17) is 77.6 Å². The fourth-order valence-electron chi connectivity index (χ4n) is 14.4. The number of hydrogen-bond acceptors (Lipinski definition) is 35. The predicted molar refractivity (Wildman–Crippen MR) is 500 cm³/mol. The van der Waals surface area contributed by atoms with Crippen molar-refractivity contribution < 1.29 is 118 Å². The molecule has 0 bridgehead atoms. The van der Waals surface area contributed by atoms with Crippen LogP contribution in [0.5, 0.6) is 0 Å². The second kappa shape index (κ2) is 44.4. The van der Waals surface area contributed by atoms with Gasteiger partial charge in [0.1, 0.15) is 74.9 Å². The van der Waals surface area contributed by atoms with Crippen LogP contribution in [-0.2, 0) is 83.1 Å². The van der Waals surface area contributed by atoms with E-state index in [-0.39, 0.29) is 104 Å². The van der Waals surface area contributed by atoms with E-state index in [0.717, 1.165) is 0 Å². The minimum absolute atomic E-state index is 0. The Labute approximate surface area is 793 Å². The van der Waals surface area contributed by atoms with Crippen molar-refractivity contribution in [3.05, 3.63) is 153 Å². The molecule has 138 heavy (non-hydrogen) atoms. The molecule has 0 aliphatic carbocycles. The van der Waals surface area contributed by atoms with Gasteiger partial charge in [-0.3, -0.25) is 94.8 Å². The van der Waals surface area contributed by atoms with Crippen LogP contribution in [0.25, 0.3) is 54.3 Å². The number of hydrogen-bond donors (Lipinski definition) is 9. The van der Waals surface area contributed by atoms with E-state index >= 15 is 0 Å². The number of phosphoric ester groups is 2. The Hall–Kier alpha value is -12.0. The van der Waals surface area contributed by atoms with Crippen LogP contribution in [0, 0.1) is 25.0 Å². The first-order chi connectivity index (χ1) is 64.4. The van der Waals surface area contributed by atoms with Crippen LogP contribution in [0.1, 0.15) is 156 Å². The van der Waals surface area contributed by atoms with Crippen molar-refractivity contribution in [1.82, 2.24) is 78.1 Å². The molecule has 9 N–H and O–H groups in total. The number of carbonyl (C=O) groups is 6. The summed E-state index contributed by atoms with van der Waals surface area (Å²) in [6.07, 6.45) is -11.3. The van der Waals surface area contributed by atoms with Gasteiger partial charge in [0, 0.05) is 35.8 Å². The van der Waals surface area contributed by atoms with Gasteiger partial charge < -0.3 is 72.9 Å². The Morgan fingerprint density at radius 1 is 0.514 bits per heavy atom. The number of H-pyrrole nitrogens is 2. The van der Waals surface area contributed by atoms with Gasteiger partial charge in [0.05, 0.1) is 57.3 Å². The number of imidazole rings is 4. The maximum Gasteiger partial charge on any atom is 0.506 e. The van der Waals surface area contributed by atoms with Gasteiger partial charge in [0.25, 0.3) is 22.9 Å². The number of aromatic amines is 2. The second-order valence-corrected chi connectivity index (χ2v) is 48.3. The lowest BCUT2D eigenvalue weighted by atomic mass is 10.1. The molecule has 4 aliphatic rings. The highest BCUT2D eigenvalue weighted by atomic mass is 31.2. The lowest BCUT2D eigenvalue weighted by Gasteiger charge is -2.40. The lowest BCUT2D eigenvalue weighted by molar-refractivity contribution is -0.119. The molecule has 2 aromatic carbocycles. The molecule has 53 heteroatoms. The molecule has 4 aliphatic heterocycles. The number of rotatable bonds is 36. The molecule has 0 spiro atoms. The van der Waals surface area contributed by atoms with Crippen LogP contribution in [0.4, 0.5) is 33.1 Å². The van der Waals surface area contributed by atoms with Crippen molar-refractivity contribution in [2.75, 3.05) is 67.4 Å². The molecule has 4 saturated heterocycles. The lowest BCUT2D eigenvalue weighted by Crippen LogP contribution is -2.50. The van der Waals surface area contributed by atoms with E-state index < -0.39 is 214 Å². The van der Waals surface area contributed by atoms with Crippen molar-refractivity contribution >= 4 is 136 Å². The third-order valence-corrected chi connectivity index (χ3v) is 35.4. The normalized spacial score (nSPS) is 22.5. The number of benzene rings is 2. The van der Waals surface area contributed by atoms with E-state index in [1.165, 1.54) is 51.7 Å². The zero-order chi connectivity index (χ0) is 98.3. The van der Waals surface area contributed by atoms with Crippen LogP contribution in [0.15, 0.2) is 108 Å². The molecule has 744 valence electrons. The van der Waals surface area contributed by atoms with Gasteiger partial charge in [-0.2, -0.15) is 9.97 Å². The summed E-state index contributed by atoms with van der Waals surface area (Å²) in [5.41, 5.74) is 0.0646. The number of fused-ring (bicyclic) bond motifs is 4. The first-order valence-electron chi connectivity index (χ1n) is 43.3. The second-order valence-electron chi connectivity index (χ2n) is 35.5. The zero-order valence-corrected chi connectivity index (χ0v) is 80.5. The number of carbonyl (C=O) groups excluding carboxylic acids is 4. The van der Waals surface area contributed by atoms with Crippen molar-refractivity contribution in [1.29, 1.82) is 0 Å². The predicted octanol–water partition coefficient (Wildman–Crippen LogP) is 12.5. The Morgan fingerprint density at radius 3 is 1.24 bits per heavy atom. The summed E-state index contributed by atoms with van der Waals surface area (Å²) in [5.74, 6) is -2.68. The number of phosphoric acid groups is 2. The molecule has 4 amide bonds. The Morgan fingerprint density at radius 2 is 0.884 bits per heavy atom. The van der Waals surface area contributed by atoms with E-state index in [2.05, 4.69) is 90.8 Å². The molecule has 0 saturated carbocycles. The molecule has 49 nitrogen and oxygen atoms in total. The van der Waals surface area contributed by atoms with Crippen molar-refractivity contribution in [3.8, 4) is 0 Å². The number of ether oxygens (including phenoxy) is 6. The van der Waals surface area contributed by atoms with Gasteiger partial charge in [-0.15, -0.1) is 0 Å². The van der Waals surface area contributed by atoms with Crippen LogP contribution in [0.2, 0.25) is 36.3 Å². The number of nitrogens with zero attached hydrogens (tertiary/aromatic N) is 16. The zero-order valence-electron chi connectivity index (χ0n) is 76.7. The Kier molecular flexibility index (Phi) is 34.3. The maximum atomic E-state index is 14.8. The summed E-state index contributed by atoms with van der Waals surface area (Å²) >= 11 is 0. The first-order valence-corrected chi connectivity index (χ1v) is 52.0. The van der Waals surface area contributed by atoms with E-state index in [1.54, 1.807) is 92.9 Å². The van der Waals surface area contributed by atoms with E-state index in [1.807, 2.05) is 74.7 Å². The van der Waals surface area contributed by atoms with Crippen molar-refractivity contribution in [2.45, 2.75) is 232 Å². The molecule has 12 heterocycles. The number of aromatic nitrogens is 16. The number of amides is 4. The maximum absolute atomic E-state index is 14.8. The fraction of sp³-hybridized carbons (Fsp3) is 0.529. The topological polar surface area (TPSA) is 598 Å². The quantitative estimate of drug-likeness (QED) is 0.00579. The van der Waals surface area contributed by atoms with Crippen molar-refractivity contribution in [3.63, 3.8) is 0 Å². The molecular weight excluding hydrogens is 1880 g/mol. The van der Waals surface area contributed by atoms with E-state index in [9.17, 15) is 62.8 Å². The monoisotopic (exact) mass is 1990 g/mol. The molecule has 2 unspecified atom stereocenters. The van der Waals surface area contributed by atoms with Crippen LogP contribution < -0.4 is 32.4 Å². The van der Waals surface area contributed by atoms with E-state index in [0.29, 0.717) is 28.7 Å². The number of carboxylic acid groups (broad SMARTS) is 2. The Bertz CT molecular complexity index is 5960. The molecule has 4 fully saturated rings. The highest BCUT2D eigenvalue weighted by Crippen LogP contribution is 2.57. The summed E-state index contributed by atoms with van der Waals surface area (Å²) in [7, 11) is -15.0. The minimum Gasteiger partial charge on any atom is -0.450 e. The molecule has 10 aromatic rings. The number of aliphatic hydroxyl groups excluding tert-OH is 1. The van der Waals surface area contributed by atoms with Gasteiger partial charge in [-0.05, 0) is 67.0 Å². The third kappa shape index (κ3) is 24.3. The van der Waals surface area contributed by atoms with Gasteiger partial charge >= 0.3 is 28.0 Å². The number of anilines is 4. The van der Waals surface area contributed by atoms with Gasteiger partial charge in [0.2, 0.25) is 36.8 Å². The van der Waals surface area contributed by atoms with Gasteiger partial charge in [0.15, 0.2) is 97.6 Å². The smallest absolute Gasteiger partial charge is 0.450 e. The average Bonchev–Trinajstić information content (AvgIpc) is 1.58. The molecule has 0 radical (unpaired) electrons. The van der Waals surface area contributed by atoms with Crippen LogP contribution in [-0.4, -0.2) is 253 Å². The van der Waals surface area contributed by atoms with Gasteiger partial charge in [-0.25, -0.2) is 71.7 Å². The van der Waals surface area contributed by atoms with Gasteiger partial charge in [-0.1, -0.05) is 127 Å². The largest absolute Gasteiger partial charge is 0.506 e. The molecule has 16 atom stereocenters. The number of nitrogens with one attached hydrogen (secondary N) is 6. The highest BCUT2D eigenvalue weighted by Gasteiger charge is 2.57. The summed E-state index contributed by atoms with van der Waals surface area (Å²) < 4.78 is 121. The molecule has 14 rings (SSSR count). The summed E-state index contributed by atoms with van der Waals surface area (Å²) in [5, 5.41) is 40.4. The minimum atomic E-state index is -4.75. The SMILES string of the molecule is C.C.[C-]#[N+]CCOP(=O)(OC[C@H]1O[C@@H](n2cnc3c(=O)[nH]c(NC(=O)C(C)C)nc32)[C@H](OC(=O)O)[C@@H]1O[Si](C)(C)C(C)(C)C)O[C@H]1C[C@H](n2cnc3c(NC(=O)c4ccccc4)ncnc32)O[C@@H]1CC.[C-]#[N+]CCOP(=O)(OC[C@H]1O[C@@H](n2cnc3c(=O)[nH]c(NC(=O)C(C)C)nc32)[C@H](OC(=O)O)[C@@H]1O[Si](C)(C)C(C)(C)C)O[C@H]1C[C@H](n2cnc3c(NC(=O)c4ccccc4)ncnc32)O[C@@H]1CO. The Balaban J connectivity index is 0.000000261. The number of aliphatic hydroxyl groups is 1. The molecule has 8 aromatic heterocycles. The fourth-order valence-corrected chi connectivity index (χ4v) is 19.8. The van der Waals surface area contributed by atoms with Crippen molar-refractivity contribution in [2.24, 2.45) is 11.8 Å².